The Bertz CT molecular complexity index is 1450. The van der Waals surface area contributed by atoms with Gasteiger partial charge in [0.25, 0.3) is 5.91 Å². The first-order valence-electron chi connectivity index (χ1n) is 11.8. The van der Waals surface area contributed by atoms with Crippen LogP contribution in [0.3, 0.4) is 0 Å². The number of fused-ring (bicyclic) bond motifs is 3. The summed E-state index contributed by atoms with van der Waals surface area (Å²) >= 11 is 0. The molecule has 0 aliphatic carbocycles. The number of carbonyl (C=O) groups excluding carboxylic acids is 3. The lowest BCUT2D eigenvalue weighted by atomic mass is 9.98. The molecule has 2 N–H and O–H groups in total. The summed E-state index contributed by atoms with van der Waals surface area (Å²) in [7, 11) is 0. The number of hydrogen-bond acceptors (Lipinski definition) is 6. The highest BCUT2D eigenvalue weighted by Crippen LogP contribution is 2.34. The summed E-state index contributed by atoms with van der Waals surface area (Å²) < 4.78 is 33.0. The fraction of sp³-hybridized carbons (Fsp3) is 0.308. The number of H-pyrrole nitrogens is 1. The Morgan fingerprint density at radius 3 is 2.62 bits per heavy atom. The van der Waals surface area contributed by atoms with Gasteiger partial charge in [-0.05, 0) is 49.7 Å². The smallest absolute Gasteiger partial charge is 0.342 e. The first-order chi connectivity index (χ1) is 17.7. The van der Waals surface area contributed by atoms with Crippen molar-refractivity contribution in [3.05, 3.63) is 71.2 Å². The molecule has 11 heteroatoms. The number of pyridine rings is 1. The topological polar surface area (TPSA) is 116 Å². The summed E-state index contributed by atoms with van der Waals surface area (Å²) in [6.45, 7) is 3.63. The quantitative estimate of drug-likeness (QED) is 0.522. The maximum atomic E-state index is 14.0. The van der Waals surface area contributed by atoms with E-state index in [2.05, 4.69) is 9.97 Å². The number of amides is 2. The summed E-state index contributed by atoms with van der Waals surface area (Å²) in [5.41, 5.74) is 1.13. The largest absolute Gasteiger partial charge is 0.459 e. The van der Waals surface area contributed by atoms with E-state index in [0.29, 0.717) is 28.7 Å². The molecule has 4 heterocycles. The summed E-state index contributed by atoms with van der Waals surface area (Å²) in [4.78, 5) is 50.1. The number of ether oxygens (including phenoxy) is 1. The minimum Gasteiger partial charge on any atom is -0.459 e. The van der Waals surface area contributed by atoms with Gasteiger partial charge in [-0.25, -0.2) is 18.6 Å². The van der Waals surface area contributed by atoms with Crippen LogP contribution < -0.4 is 0 Å². The molecule has 0 spiro atoms. The zero-order chi connectivity index (χ0) is 26.4. The molecule has 9 nitrogen and oxygen atoms in total. The van der Waals surface area contributed by atoms with Gasteiger partial charge in [0.15, 0.2) is 11.6 Å². The van der Waals surface area contributed by atoms with Crippen LogP contribution in [0.25, 0.3) is 16.6 Å². The van der Waals surface area contributed by atoms with E-state index in [4.69, 9.17) is 4.74 Å². The molecule has 0 saturated carbocycles. The lowest BCUT2D eigenvalue weighted by Crippen LogP contribution is -2.58. The van der Waals surface area contributed by atoms with Gasteiger partial charge in [-0.1, -0.05) is 0 Å². The summed E-state index contributed by atoms with van der Waals surface area (Å²) in [6, 6.07) is 4.94. The van der Waals surface area contributed by atoms with E-state index in [1.165, 1.54) is 11.1 Å². The molecule has 2 unspecified atom stereocenters. The first kappa shape index (κ1) is 24.6. The van der Waals surface area contributed by atoms with Gasteiger partial charge in [0, 0.05) is 42.7 Å². The first-order valence-corrected chi connectivity index (χ1v) is 11.8. The number of aliphatic hydroxyl groups excluding tert-OH is 1. The van der Waals surface area contributed by atoms with Crippen molar-refractivity contribution in [3.63, 3.8) is 0 Å². The van der Waals surface area contributed by atoms with Gasteiger partial charge in [-0.15, -0.1) is 0 Å². The molecular weight excluding hydrogens is 486 g/mol. The Hall–Kier alpha value is -4.12. The van der Waals surface area contributed by atoms with E-state index in [0.717, 1.165) is 23.1 Å². The molecule has 2 aliphatic heterocycles. The number of aliphatic hydroxyl groups is 1. The van der Waals surface area contributed by atoms with Crippen LogP contribution >= 0.6 is 0 Å². The zero-order valence-corrected chi connectivity index (χ0v) is 20.1. The third kappa shape index (κ3) is 4.35. The van der Waals surface area contributed by atoms with E-state index in [1.807, 2.05) is 0 Å². The minimum absolute atomic E-state index is 0.0305. The number of aromatic amines is 1. The second-order valence-corrected chi connectivity index (χ2v) is 9.24. The van der Waals surface area contributed by atoms with Gasteiger partial charge in [0.2, 0.25) is 5.91 Å². The molecule has 0 radical (unpaired) electrons. The number of rotatable bonds is 4. The van der Waals surface area contributed by atoms with E-state index in [1.54, 1.807) is 32.2 Å². The molecule has 3 aromatic rings. The van der Waals surface area contributed by atoms with E-state index >= 15 is 0 Å². The predicted molar refractivity (Wildman–Crippen MR) is 128 cm³/mol. The zero-order valence-electron chi connectivity index (χ0n) is 20.1. The normalized spacial score (nSPS) is 19.2. The lowest BCUT2D eigenvalue weighted by Gasteiger charge is -2.41. The highest BCUT2D eigenvalue weighted by atomic mass is 19.2. The van der Waals surface area contributed by atoms with Crippen molar-refractivity contribution >= 4 is 34.4 Å². The Labute approximate surface area is 210 Å². The van der Waals surface area contributed by atoms with Crippen LogP contribution in [-0.4, -0.2) is 67.6 Å². The van der Waals surface area contributed by atoms with Crippen LogP contribution in [0.1, 0.15) is 41.9 Å². The van der Waals surface area contributed by atoms with E-state index in [9.17, 15) is 28.3 Å². The molecule has 2 amide bonds. The Balaban J connectivity index is 1.69. The number of hydrogen-bond donors (Lipinski definition) is 2. The summed E-state index contributed by atoms with van der Waals surface area (Å²) in [5.74, 6) is -4.48. The summed E-state index contributed by atoms with van der Waals surface area (Å²) in [6.07, 6.45) is 1.64. The maximum absolute atomic E-state index is 14.0. The van der Waals surface area contributed by atoms with E-state index < -0.39 is 47.8 Å². The number of aromatic nitrogens is 2. The van der Waals surface area contributed by atoms with Crippen LogP contribution in [0, 0.1) is 11.6 Å². The average molecular weight is 510 g/mol. The highest BCUT2D eigenvalue weighted by molar-refractivity contribution is 6.18. The minimum atomic E-state index is -1.23. The Morgan fingerprint density at radius 2 is 1.97 bits per heavy atom. The van der Waals surface area contributed by atoms with Crippen LogP contribution in [0.15, 0.2) is 42.7 Å². The van der Waals surface area contributed by atoms with Gasteiger partial charge >= 0.3 is 5.97 Å². The van der Waals surface area contributed by atoms with Crippen molar-refractivity contribution in [2.24, 2.45) is 0 Å². The number of halogens is 2. The number of likely N-dealkylation sites (tertiary alicyclic amines) is 1. The molecule has 2 aliphatic rings. The molecule has 37 heavy (non-hydrogen) atoms. The fourth-order valence-corrected chi connectivity index (χ4v) is 4.54. The molecule has 0 bridgehead atoms. The molecule has 1 fully saturated rings. The van der Waals surface area contributed by atoms with Crippen LogP contribution in [0.2, 0.25) is 0 Å². The van der Waals surface area contributed by atoms with Gasteiger partial charge in [0.1, 0.15) is 17.9 Å². The van der Waals surface area contributed by atoms with Crippen molar-refractivity contribution < 1.29 is 33.0 Å². The van der Waals surface area contributed by atoms with Gasteiger partial charge < -0.3 is 24.6 Å². The van der Waals surface area contributed by atoms with Crippen LogP contribution in [0.5, 0.6) is 0 Å². The number of nitrogens with one attached hydrogen (secondary N) is 1. The van der Waals surface area contributed by atoms with E-state index in [-0.39, 0.29) is 24.1 Å². The Morgan fingerprint density at radius 1 is 1.19 bits per heavy atom. The monoisotopic (exact) mass is 510 g/mol. The van der Waals surface area contributed by atoms with Crippen molar-refractivity contribution in [3.8, 4) is 0 Å². The molecule has 2 aromatic heterocycles. The molecule has 192 valence electrons. The van der Waals surface area contributed by atoms with Crippen LogP contribution in [-0.2, 0) is 20.7 Å². The van der Waals surface area contributed by atoms with Crippen molar-refractivity contribution in [2.45, 2.75) is 45.1 Å². The molecule has 1 aromatic carbocycles. The van der Waals surface area contributed by atoms with Crippen LogP contribution in [0.4, 0.5) is 8.78 Å². The fourth-order valence-electron chi connectivity index (χ4n) is 4.54. The standard InChI is InChI=1S/C26H24F2N4O5/c1-13(2)37-26(36)17-12-32(24(34)14-5-6-18(27)19(28)10-14)20(25(35)31-9-7-21(31)33)11-16-15-4-3-8-29-23(15)30-22(16)17/h3-6,8,10,12-13,20-21,33H,7,9,11H2,1-2H3,(H,29,30). The van der Waals surface area contributed by atoms with Crippen molar-refractivity contribution in [1.82, 2.24) is 19.8 Å². The third-order valence-electron chi connectivity index (χ3n) is 6.47. The highest BCUT2D eigenvalue weighted by Gasteiger charge is 2.42. The van der Waals surface area contributed by atoms with Crippen molar-refractivity contribution in [2.75, 3.05) is 6.54 Å². The Kier molecular flexibility index (Phi) is 6.24. The molecule has 5 rings (SSSR count). The lowest BCUT2D eigenvalue weighted by molar-refractivity contribution is -0.158. The predicted octanol–water partition coefficient (Wildman–Crippen LogP) is 2.75. The molecule has 2 atom stereocenters. The number of carbonyl (C=O) groups is 3. The number of esters is 1. The van der Waals surface area contributed by atoms with Gasteiger partial charge in [-0.2, -0.15) is 0 Å². The van der Waals surface area contributed by atoms with Gasteiger partial charge in [0.05, 0.1) is 17.4 Å². The second-order valence-electron chi connectivity index (χ2n) is 9.24. The summed E-state index contributed by atoms with van der Waals surface area (Å²) in [5, 5.41) is 10.8. The second kappa shape index (κ2) is 9.40. The molecule has 1 saturated heterocycles. The van der Waals surface area contributed by atoms with Crippen molar-refractivity contribution in [1.29, 1.82) is 0 Å². The van der Waals surface area contributed by atoms with Gasteiger partial charge in [-0.3, -0.25) is 9.59 Å². The number of nitrogens with zero attached hydrogens (tertiary/aromatic N) is 3. The molecular formula is C26H24F2N4O5. The SMILES string of the molecule is CC(C)OC(=O)C1=CN(C(=O)c2ccc(F)c(F)c2)C(C(=O)N2CCC2O)Cc2c1[nH]c1ncccc21. The maximum Gasteiger partial charge on any atom is 0.342 e. The third-order valence-corrected chi connectivity index (χ3v) is 6.47. The number of benzene rings is 1. The average Bonchev–Trinajstić information content (AvgIpc) is 3.12.